The van der Waals surface area contributed by atoms with Gasteiger partial charge in [0.2, 0.25) is 5.91 Å². The predicted octanol–water partition coefficient (Wildman–Crippen LogP) is 5.31. The molecule has 0 aromatic heterocycles. The zero-order valence-corrected chi connectivity index (χ0v) is 18.8. The largest absolute Gasteiger partial charge is 0.496 e. The molecule has 6 heteroatoms. The van der Waals surface area contributed by atoms with Crippen LogP contribution in [-0.4, -0.2) is 36.3 Å². The number of carbonyl (C=O) groups is 1. The van der Waals surface area contributed by atoms with Crippen LogP contribution < -0.4 is 4.74 Å². The molecule has 0 radical (unpaired) electrons. The second kappa shape index (κ2) is 9.52. The number of carbonyl (C=O) groups excluding carboxylic acids is 1. The summed E-state index contributed by atoms with van der Waals surface area (Å²) in [6.07, 6.45) is 0.878. The van der Waals surface area contributed by atoms with Crippen LogP contribution in [0.15, 0.2) is 53.7 Å². The normalized spacial score (nSPS) is 16.0. The van der Waals surface area contributed by atoms with Gasteiger partial charge in [-0.05, 0) is 35.2 Å². The first kappa shape index (κ1) is 22.2. The fourth-order valence-corrected chi connectivity index (χ4v) is 3.70. The van der Waals surface area contributed by atoms with Gasteiger partial charge >= 0.3 is 0 Å². The molecule has 2 aromatic rings. The molecule has 0 N–H and O–H groups in total. The van der Waals surface area contributed by atoms with Gasteiger partial charge in [0.25, 0.3) is 0 Å². The van der Waals surface area contributed by atoms with Gasteiger partial charge in [-0.1, -0.05) is 61.8 Å². The molecule has 0 aliphatic carbocycles. The van der Waals surface area contributed by atoms with Gasteiger partial charge in [0.15, 0.2) is 6.10 Å². The Balaban J connectivity index is 1.72. The average Bonchev–Trinajstić information content (AvgIpc) is 3.14. The number of halogens is 1. The summed E-state index contributed by atoms with van der Waals surface area (Å²) < 4.78 is 5.44. The van der Waals surface area contributed by atoms with Crippen LogP contribution in [0.1, 0.15) is 44.7 Å². The molecule has 1 heterocycles. The van der Waals surface area contributed by atoms with E-state index in [2.05, 4.69) is 25.9 Å². The summed E-state index contributed by atoms with van der Waals surface area (Å²) in [4.78, 5) is 20.6. The van der Waals surface area contributed by atoms with E-state index in [9.17, 15) is 4.79 Å². The van der Waals surface area contributed by atoms with Crippen molar-refractivity contribution in [2.24, 2.45) is 10.6 Å². The molecule has 1 aliphatic rings. The van der Waals surface area contributed by atoms with Gasteiger partial charge in [-0.25, -0.2) is 0 Å². The number of benzene rings is 2. The van der Waals surface area contributed by atoms with E-state index < -0.39 is 0 Å². The molecule has 1 aliphatic heterocycles. The number of oxime groups is 1. The lowest BCUT2D eigenvalue weighted by molar-refractivity contribution is -0.135. The number of nitrogens with zero attached hydrogens (tertiary/aromatic N) is 2. The van der Waals surface area contributed by atoms with Crippen molar-refractivity contribution in [1.29, 1.82) is 0 Å². The van der Waals surface area contributed by atoms with Gasteiger partial charge in [-0.15, -0.1) is 0 Å². The predicted molar refractivity (Wildman–Crippen MR) is 120 cm³/mol. The third-order valence-corrected chi connectivity index (χ3v) is 5.11. The van der Waals surface area contributed by atoms with Crippen molar-refractivity contribution in [1.82, 2.24) is 4.90 Å². The van der Waals surface area contributed by atoms with Crippen LogP contribution >= 0.6 is 11.6 Å². The molecule has 0 spiro atoms. The number of amides is 1. The lowest BCUT2D eigenvalue weighted by Crippen LogP contribution is -2.38. The van der Waals surface area contributed by atoms with E-state index in [1.54, 1.807) is 7.11 Å². The van der Waals surface area contributed by atoms with Gasteiger partial charge in [0.1, 0.15) is 5.75 Å². The zero-order valence-electron chi connectivity index (χ0n) is 18.0. The van der Waals surface area contributed by atoms with Crippen molar-refractivity contribution in [3.63, 3.8) is 0 Å². The molecule has 1 unspecified atom stereocenters. The Morgan fingerprint density at radius 1 is 1.23 bits per heavy atom. The molecule has 1 atom stereocenters. The monoisotopic (exact) mass is 428 g/mol. The molecule has 5 nitrogen and oxygen atoms in total. The number of hydrogen-bond acceptors (Lipinski definition) is 4. The summed E-state index contributed by atoms with van der Waals surface area (Å²) >= 11 is 6.14. The lowest BCUT2D eigenvalue weighted by Gasteiger charge is -2.28. The summed E-state index contributed by atoms with van der Waals surface area (Å²) in [5, 5.41) is 4.94. The molecular formula is C24H29ClN2O3. The number of hydrogen-bond donors (Lipinski definition) is 0. The Bertz CT molecular complexity index is 921. The Labute approximate surface area is 183 Å². The van der Waals surface area contributed by atoms with Crippen molar-refractivity contribution >= 4 is 23.2 Å². The van der Waals surface area contributed by atoms with Crippen molar-refractivity contribution in [3.8, 4) is 5.75 Å². The molecule has 160 valence electrons. The summed E-state index contributed by atoms with van der Waals surface area (Å²) in [6, 6.07) is 15.4. The number of para-hydroxylation sites is 1. The fraction of sp³-hybridized carbons (Fsp3) is 0.417. The maximum Gasteiger partial charge on any atom is 0.223 e. The van der Waals surface area contributed by atoms with Gasteiger partial charge in [-0.2, -0.15) is 0 Å². The van der Waals surface area contributed by atoms with E-state index in [0.29, 0.717) is 31.0 Å². The Morgan fingerprint density at radius 3 is 2.70 bits per heavy atom. The van der Waals surface area contributed by atoms with Crippen LogP contribution in [0.2, 0.25) is 5.02 Å². The highest BCUT2D eigenvalue weighted by Gasteiger charge is 2.29. The quantitative estimate of drug-likeness (QED) is 0.600. The smallest absolute Gasteiger partial charge is 0.223 e. The van der Waals surface area contributed by atoms with E-state index in [4.69, 9.17) is 21.2 Å². The first-order chi connectivity index (χ1) is 14.2. The number of rotatable bonds is 7. The van der Waals surface area contributed by atoms with E-state index in [1.165, 1.54) is 0 Å². The highest BCUT2D eigenvalue weighted by Crippen LogP contribution is 2.26. The van der Waals surface area contributed by atoms with Crippen molar-refractivity contribution in [3.05, 3.63) is 64.7 Å². The van der Waals surface area contributed by atoms with Gasteiger partial charge in [-0.3, -0.25) is 4.79 Å². The first-order valence-electron chi connectivity index (χ1n) is 10.1. The third kappa shape index (κ3) is 5.99. The summed E-state index contributed by atoms with van der Waals surface area (Å²) in [5.74, 6) is 0.858. The van der Waals surface area contributed by atoms with E-state index in [-0.39, 0.29) is 17.4 Å². The van der Waals surface area contributed by atoms with Gasteiger partial charge in [0.05, 0.1) is 19.4 Å². The van der Waals surface area contributed by atoms with Crippen LogP contribution in [0.3, 0.4) is 0 Å². The Morgan fingerprint density at radius 2 is 2.00 bits per heavy atom. The molecule has 1 amide bonds. The third-order valence-electron chi connectivity index (χ3n) is 4.87. The first-order valence-corrected chi connectivity index (χ1v) is 10.5. The minimum absolute atomic E-state index is 0.0943. The highest BCUT2D eigenvalue weighted by atomic mass is 35.5. The zero-order chi connectivity index (χ0) is 21.7. The van der Waals surface area contributed by atoms with Gasteiger partial charge < -0.3 is 14.5 Å². The van der Waals surface area contributed by atoms with Crippen molar-refractivity contribution in [2.75, 3.05) is 13.7 Å². The Hall–Kier alpha value is -2.53. The fourth-order valence-electron chi connectivity index (χ4n) is 3.49. The van der Waals surface area contributed by atoms with Crippen molar-refractivity contribution in [2.45, 2.75) is 46.3 Å². The van der Waals surface area contributed by atoms with Crippen LogP contribution in [-0.2, 0) is 16.2 Å². The molecule has 0 saturated heterocycles. The SMILES string of the molecule is COc1ccccc1C1=NOC(CN(Cc2cccc(Cl)c2)C(=O)CC(C)(C)C)C1. The standard InChI is InChI=1S/C24H29ClN2O3/c1-24(2,3)14-23(28)27(15-17-8-7-9-18(25)12-17)16-19-13-21(26-30-19)20-10-5-6-11-22(20)29-4/h5-12,19H,13-16H2,1-4H3. The second-order valence-electron chi connectivity index (χ2n) is 8.81. The number of methoxy groups -OCH3 is 1. The van der Waals surface area contributed by atoms with E-state index in [0.717, 1.165) is 22.6 Å². The van der Waals surface area contributed by atoms with Crippen LogP contribution in [0.4, 0.5) is 0 Å². The van der Waals surface area contributed by atoms with E-state index >= 15 is 0 Å². The molecule has 0 fully saturated rings. The Kier molecular flexibility index (Phi) is 7.03. The summed E-state index contributed by atoms with van der Waals surface area (Å²) in [7, 11) is 1.64. The maximum absolute atomic E-state index is 13.1. The molecule has 0 bridgehead atoms. The minimum atomic E-state index is -0.201. The molecule has 2 aromatic carbocycles. The molecule has 30 heavy (non-hydrogen) atoms. The molecule has 0 saturated carbocycles. The molecule has 3 rings (SSSR count). The maximum atomic E-state index is 13.1. The summed E-state index contributed by atoms with van der Waals surface area (Å²) in [5.41, 5.74) is 2.65. The van der Waals surface area contributed by atoms with Gasteiger partial charge in [0, 0.05) is 30.0 Å². The molecular weight excluding hydrogens is 400 g/mol. The lowest BCUT2D eigenvalue weighted by atomic mass is 9.91. The summed E-state index contributed by atoms with van der Waals surface area (Å²) in [6.45, 7) is 7.15. The van der Waals surface area contributed by atoms with Crippen LogP contribution in [0.25, 0.3) is 0 Å². The topological polar surface area (TPSA) is 51.1 Å². The second-order valence-corrected chi connectivity index (χ2v) is 9.25. The number of ether oxygens (including phenoxy) is 1. The average molecular weight is 429 g/mol. The highest BCUT2D eigenvalue weighted by molar-refractivity contribution is 6.30. The van der Waals surface area contributed by atoms with Crippen molar-refractivity contribution < 1.29 is 14.4 Å². The van der Waals surface area contributed by atoms with Crippen LogP contribution in [0.5, 0.6) is 5.75 Å². The van der Waals surface area contributed by atoms with Crippen LogP contribution in [0, 0.1) is 5.41 Å². The minimum Gasteiger partial charge on any atom is -0.496 e. The van der Waals surface area contributed by atoms with E-state index in [1.807, 2.05) is 53.4 Å².